The molecule has 0 spiro atoms. The van der Waals surface area contributed by atoms with E-state index in [4.69, 9.17) is 9.47 Å². The Bertz CT molecular complexity index is 2180. The van der Waals surface area contributed by atoms with Gasteiger partial charge < -0.3 is 24.8 Å². The van der Waals surface area contributed by atoms with Gasteiger partial charge in [-0.15, -0.1) is 0 Å². The van der Waals surface area contributed by atoms with Crippen molar-refractivity contribution in [2.75, 3.05) is 26.8 Å². The lowest BCUT2D eigenvalue weighted by Gasteiger charge is -2.46. The van der Waals surface area contributed by atoms with Crippen LogP contribution in [-0.2, 0) is 24.3 Å². The molecule has 304 valence electrons. The van der Waals surface area contributed by atoms with Crippen molar-refractivity contribution in [1.29, 1.82) is 0 Å². The number of methoxy groups -OCH3 is 1. The molecule has 7 nitrogen and oxygen atoms in total. The number of aliphatic hydroxyl groups excluding tert-OH is 2. The van der Waals surface area contributed by atoms with E-state index in [1.807, 2.05) is 66.7 Å². The molecular formula is C51H59NO6. The van der Waals surface area contributed by atoms with Crippen LogP contribution in [0, 0.1) is 5.41 Å². The van der Waals surface area contributed by atoms with E-state index in [9.17, 15) is 20.1 Å². The summed E-state index contributed by atoms with van der Waals surface area (Å²) in [5, 5.41) is 38.2. The minimum Gasteiger partial charge on any atom is -0.497 e. The van der Waals surface area contributed by atoms with E-state index in [1.165, 1.54) is 5.57 Å². The Morgan fingerprint density at radius 3 is 2.47 bits per heavy atom. The maximum Gasteiger partial charge on any atom is 0.193 e. The highest BCUT2D eigenvalue weighted by molar-refractivity contribution is 6.10. The Hall–Kier alpha value is -4.63. The molecule has 3 aliphatic carbocycles. The molecule has 5 unspecified atom stereocenters. The van der Waals surface area contributed by atoms with E-state index < -0.39 is 23.2 Å². The first kappa shape index (κ1) is 41.5. The molecule has 0 saturated heterocycles. The summed E-state index contributed by atoms with van der Waals surface area (Å²) in [6, 6.07) is 38.0. The first-order valence-electron chi connectivity index (χ1n) is 20.9. The predicted molar refractivity (Wildman–Crippen MR) is 231 cm³/mol. The van der Waals surface area contributed by atoms with Gasteiger partial charge in [-0.25, -0.2) is 0 Å². The van der Waals surface area contributed by atoms with Crippen molar-refractivity contribution in [1.82, 2.24) is 4.90 Å². The molecule has 3 N–H and O–H groups in total. The van der Waals surface area contributed by atoms with Crippen LogP contribution >= 0.6 is 0 Å². The smallest absolute Gasteiger partial charge is 0.193 e. The Morgan fingerprint density at radius 1 is 0.914 bits per heavy atom. The quantitative estimate of drug-likeness (QED) is 0.0810. The molecule has 5 atom stereocenters. The molecule has 1 fully saturated rings. The summed E-state index contributed by atoms with van der Waals surface area (Å²) in [6.45, 7) is 6.12. The van der Waals surface area contributed by atoms with Crippen molar-refractivity contribution in [3.05, 3.63) is 160 Å². The van der Waals surface area contributed by atoms with Gasteiger partial charge in [-0.3, -0.25) is 9.69 Å². The third-order valence-corrected chi connectivity index (χ3v) is 12.9. The average Bonchev–Trinajstić information content (AvgIpc) is 3.48. The van der Waals surface area contributed by atoms with E-state index in [1.54, 1.807) is 7.11 Å². The van der Waals surface area contributed by atoms with Crippen LogP contribution in [0.1, 0.15) is 96.5 Å². The summed E-state index contributed by atoms with van der Waals surface area (Å²) >= 11 is 0. The van der Waals surface area contributed by atoms with Gasteiger partial charge in [0.1, 0.15) is 5.75 Å². The molecule has 5 aromatic carbocycles. The monoisotopic (exact) mass is 781 g/mol. The number of rotatable bonds is 13. The van der Waals surface area contributed by atoms with Crippen LogP contribution in [0.5, 0.6) is 5.75 Å². The fourth-order valence-electron chi connectivity index (χ4n) is 9.56. The maximum atomic E-state index is 14.5. The minimum absolute atomic E-state index is 0.0779. The van der Waals surface area contributed by atoms with Gasteiger partial charge in [0.15, 0.2) is 5.78 Å². The lowest BCUT2D eigenvalue weighted by Crippen LogP contribution is -2.53. The standard InChI is InChI=1S/C51H59NO6/c1-36-11-10-27-50(2)48(46-25-19-38(29-42(53)22-18-36)30-47(46)49(55)40-20-23-44(57-3)24-21-40)26-28-51(50,56)35-52(31-41-16-9-15-39-14-7-8-17-45(39)41)32-43(54)34-58-33-37-12-5-4-6-13-37/h4-9,11-17,19-21,23-25,30,42-43,48,53-54,56H,10,18,22,26-29,31-35H2,1-3H3. The van der Waals surface area contributed by atoms with Crippen molar-refractivity contribution in [3.63, 3.8) is 0 Å². The summed E-state index contributed by atoms with van der Waals surface area (Å²) in [7, 11) is 1.61. The van der Waals surface area contributed by atoms with Crippen molar-refractivity contribution >= 4 is 16.6 Å². The number of carbonyl (C=O) groups excluding carboxylic acids is 1. The normalized spacial score (nSPS) is 23.0. The molecule has 0 aliphatic heterocycles. The minimum atomic E-state index is -1.15. The van der Waals surface area contributed by atoms with Gasteiger partial charge in [0.25, 0.3) is 0 Å². The molecule has 0 amide bonds. The van der Waals surface area contributed by atoms with Crippen LogP contribution in [0.15, 0.2) is 127 Å². The van der Waals surface area contributed by atoms with E-state index >= 15 is 0 Å². The van der Waals surface area contributed by atoms with Crippen LogP contribution in [-0.4, -0.2) is 70.6 Å². The van der Waals surface area contributed by atoms with E-state index in [0.29, 0.717) is 75.2 Å². The Kier molecular flexibility index (Phi) is 13.3. The number of ether oxygens (including phenoxy) is 2. The topological polar surface area (TPSA) is 99.5 Å². The second-order valence-corrected chi connectivity index (χ2v) is 17.0. The number of nitrogens with zero attached hydrogens (tertiary/aromatic N) is 1. The highest BCUT2D eigenvalue weighted by atomic mass is 16.5. The Labute approximate surface area is 344 Å². The van der Waals surface area contributed by atoms with Gasteiger partial charge in [-0.2, -0.15) is 0 Å². The molecule has 7 heteroatoms. The zero-order chi connectivity index (χ0) is 40.7. The van der Waals surface area contributed by atoms with Gasteiger partial charge >= 0.3 is 0 Å². The Morgan fingerprint density at radius 2 is 1.67 bits per heavy atom. The summed E-state index contributed by atoms with van der Waals surface area (Å²) < 4.78 is 11.4. The number of allylic oxidation sites excluding steroid dienone is 2. The van der Waals surface area contributed by atoms with Crippen molar-refractivity contribution in [2.24, 2.45) is 5.41 Å². The van der Waals surface area contributed by atoms with Crippen molar-refractivity contribution in [3.8, 4) is 5.75 Å². The van der Waals surface area contributed by atoms with Crippen molar-refractivity contribution in [2.45, 2.75) is 95.7 Å². The first-order chi connectivity index (χ1) is 28.0. The van der Waals surface area contributed by atoms with Crippen molar-refractivity contribution < 1.29 is 29.6 Å². The van der Waals surface area contributed by atoms with Gasteiger partial charge in [-0.05, 0) is 121 Å². The van der Waals surface area contributed by atoms with E-state index in [0.717, 1.165) is 45.9 Å². The molecular weight excluding hydrogens is 723 g/mol. The van der Waals surface area contributed by atoms with E-state index in [-0.39, 0.29) is 18.3 Å². The van der Waals surface area contributed by atoms with Gasteiger partial charge in [0.2, 0.25) is 0 Å². The highest BCUT2D eigenvalue weighted by Gasteiger charge is 2.57. The lowest BCUT2D eigenvalue weighted by atomic mass is 9.64. The summed E-state index contributed by atoms with van der Waals surface area (Å²) in [6.07, 6.45) is 5.56. The number of hydrogen-bond donors (Lipinski definition) is 3. The molecule has 2 bridgehead atoms. The fourth-order valence-corrected chi connectivity index (χ4v) is 9.56. The van der Waals surface area contributed by atoms with E-state index in [2.05, 4.69) is 73.4 Å². The zero-order valence-corrected chi connectivity index (χ0v) is 34.3. The molecule has 0 heterocycles. The number of fused-ring (bicyclic) bond motifs is 9. The van der Waals surface area contributed by atoms with Crippen LogP contribution in [0.2, 0.25) is 0 Å². The summed E-state index contributed by atoms with van der Waals surface area (Å²) in [5.74, 6) is 0.482. The molecule has 0 aromatic heterocycles. The molecule has 3 aliphatic rings. The number of aliphatic hydroxyl groups is 3. The average molecular weight is 782 g/mol. The number of carbonyl (C=O) groups is 1. The third-order valence-electron chi connectivity index (χ3n) is 12.9. The lowest BCUT2D eigenvalue weighted by molar-refractivity contribution is -0.0922. The largest absolute Gasteiger partial charge is 0.497 e. The molecule has 5 aromatic rings. The van der Waals surface area contributed by atoms with Gasteiger partial charge in [-0.1, -0.05) is 104 Å². The molecule has 58 heavy (non-hydrogen) atoms. The fraction of sp³-hybridized carbons (Fsp3) is 0.392. The van der Waals surface area contributed by atoms with Crippen LogP contribution in [0.3, 0.4) is 0 Å². The van der Waals surface area contributed by atoms with Gasteiger partial charge in [0, 0.05) is 36.2 Å². The maximum absolute atomic E-state index is 14.5. The van der Waals surface area contributed by atoms with Crippen LogP contribution < -0.4 is 4.74 Å². The SMILES string of the molecule is COc1ccc(C(=O)c2cc3ccc2C2CCC(O)(CN(Cc4cccc5ccccc45)CC(O)COCc4ccccc4)C2(C)CCC=C(C)CCC(O)C3)cc1. The number of hydrogen-bond acceptors (Lipinski definition) is 7. The van der Waals surface area contributed by atoms with Gasteiger partial charge in [0.05, 0.1) is 38.1 Å². The summed E-state index contributed by atoms with van der Waals surface area (Å²) in [4.78, 5) is 16.7. The predicted octanol–water partition coefficient (Wildman–Crippen LogP) is 9.20. The molecule has 1 saturated carbocycles. The third kappa shape index (κ3) is 9.46. The Balaban J connectivity index is 1.24. The number of ketones is 1. The van der Waals surface area contributed by atoms with Crippen LogP contribution in [0.25, 0.3) is 10.8 Å². The second-order valence-electron chi connectivity index (χ2n) is 17.0. The highest BCUT2D eigenvalue weighted by Crippen LogP contribution is 2.59. The number of benzene rings is 5. The molecule has 8 rings (SSSR count). The zero-order valence-electron chi connectivity index (χ0n) is 34.3. The first-order valence-corrected chi connectivity index (χ1v) is 20.9. The second kappa shape index (κ2) is 18.5. The summed E-state index contributed by atoms with van der Waals surface area (Å²) in [5.41, 5.74) is 4.69. The molecule has 0 radical (unpaired) electrons. The van der Waals surface area contributed by atoms with Crippen LogP contribution in [0.4, 0.5) is 0 Å².